The summed E-state index contributed by atoms with van der Waals surface area (Å²) in [6.45, 7) is 0. The molecule has 1 aliphatic heterocycles. The van der Waals surface area contributed by atoms with Crippen LogP contribution in [0, 0.1) is 11.6 Å². The van der Waals surface area contributed by atoms with Crippen LogP contribution in [0.3, 0.4) is 0 Å². The van der Waals surface area contributed by atoms with E-state index in [-0.39, 0.29) is 17.2 Å². The van der Waals surface area contributed by atoms with Crippen molar-refractivity contribution in [3.05, 3.63) is 82.9 Å². The molecule has 1 unspecified atom stereocenters. The molecule has 0 bridgehead atoms. The average molecular weight is 349 g/mol. The molecule has 0 aliphatic carbocycles. The Morgan fingerprint density at radius 1 is 1.17 bits per heavy atom. The molecule has 0 amide bonds. The van der Waals surface area contributed by atoms with E-state index in [0.717, 1.165) is 35.8 Å². The maximum atomic E-state index is 13.8. The molecule has 3 rings (SSSR count). The zero-order valence-electron chi connectivity index (χ0n) is 12.4. The van der Waals surface area contributed by atoms with Gasteiger partial charge in [0.15, 0.2) is 6.10 Å². The average Bonchev–Trinajstić information content (AvgIpc) is 2.86. The van der Waals surface area contributed by atoms with Crippen molar-refractivity contribution in [1.29, 1.82) is 0 Å². The minimum absolute atomic E-state index is 0.190. The van der Waals surface area contributed by atoms with Gasteiger partial charge in [-0.2, -0.15) is 0 Å². The summed E-state index contributed by atoms with van der Waals surface area (Å²) in [5, 5.41) is 0. The molecule has 0 spiro atoms. The fraction of sp³-hybridized carbons (Fsp3) is 0.118. The Kier molecular flexibility index (Phi) is 4.71. The lowest BCUT2D eigenvalue weighted by Gasteiger charge is -2.10. The zero-order chi connectivity index (χ0) is 17.1. The molecule has 0 saturated carbocycles. The molecule has 4 nitrogen and oxygen atoms in total. The lowest BCUT2D eigenvalue weighted by molar-refractivity contribution is -0.123. The number of benzene rings is 2. The monoisotopic (exact) mass is 349 g/mol. The van der Waals surface area contributed by atoms with Gasteiger partial charge in [0, 0.05) is 5.56 Å². The minimum Gasteiger partial charge on any atom is -0.460 e. The van der Waals surface area contributed by atoms with Crippen molar-refractivity contribution < 1.29 is 22.5 Å². The van der Waals surface area contributed by atoms with Crippen molar-refractivity contribution in [3.63, 3.8) is 0 Å². The number of ether oxygens (including phenoxy) is 1. The standard InChI is InChI=1S/C17H13F2NO3S/c18-11-6-7-13(19)12(8-11)15-14(21)16(17(20)22-15)23-24-9-10-4-2-1-3-5-10/h1-8,15H,9,20H2. The van der Waals surface area contributed by atoms with Gasteiger partial charge in [0.2, 0.25) is 17.4 Å². The smallest absolute Gasteiger partial charge is 0.249 e. The van der Waals surface area contributed by atoms with Gasteiger partial charge in [0.05, 0.1) is 17.8 Å². The molecule has 2 aromatic carbocycles. The van der Waals surface area contributed by atoms with Crippen molar-refractivity contribution >= 4 is 17.8 Å². The molecule has 1 atom stereocenters. The van der Waals surface area contributed by atoms with Crippen LogP contribution in [0.5, 0.6) is 0 Å². The van der Waals surface area contributed by atoms with E-state index < -0.39 is 23.5 Å². The van der Waals surface area contributed by atoms with E-state index in [1.807, 2.05) is 30.3 Å². The molecule has 1 aliphatic rings. The van der Waals surface area contributed by atoms with Crippen molar-refractivity contribution in [1.82, 2.24) is 0 Å². The first-order valence-corrected chi connectivity index (χ1v) is 7.96. The van der Waals surface area contributed by atoms with Gasteiger partial charge in [-0.1, -0.05) is 30.3 Å². The molecule has 1 heterocycles. The first-order valence-electron chi connectivity index (χ1n) is 7.05. The van der Waals surface area contributed by atoms with Crippen molar-refractivity contribution in [2.24, 2.45) is 5.73 Å². The Morgan fingerprint density at radius 2 is 1.92 bits per heavy atom. The van der Waals surface area contributed by atoms with Crippen molar-refractivity contribution in [3.8, 4) is 0 Å². The fourth-order valence-corrected chi connectivity index (χ4v) is 2.88. The SMILES string of the molecule is NC1=C(OSCc2ccccc2)C(=O)C(c2cc(F)ccc2F)O1. The Labute approximate surface area is 141 Å². The van der Waals surface area contributed by atoms with Crippen molar-refractivity contribution in [2.45, 2.75) is 11.9 Å². The Balaban J connectivity index is 1.68. The van der Waals surface area contributed by atoms with E-state index in [2.05, 4.69) is 0 Å². The summed E-state index contributed by atoms with van der Waals surface area (Å²) >= 11 is 1.01. The van der Waals surface area contributed by atoms with Gasteiger partial charge in [-0.05, 0) is 23.8 Å². The maximum Gasteiger partial charge on any atom is 0.249 e. The predicted molar refractivity (Wildman–Crippen MR) is 85.2 cm³/mol. The first-order chi connectivity index (χ1) is 11.6. The summed E-state index contributed by atoms with van der Waals surface area (Å²) in [5.74, 6) is -2.00. The van der Waals surface area contributed by atoms with Gasteiger partial charge < -0.3 is 14.7 Å². The quantitative estimate of drug-likeness (QED) is 0.836. The van der Waals surface area contributed by atoms with Crippen LogP contribution >= 0.6 is 12.0 Å². The number of hydrogen-bond donors (Lipinski definition) is 1. The van der Waals surface area contributed by atoms with Gasteiger partial charge in [-0.25, -0.2) is 8.78 Å². The first kappa shape index (κ1) is 16.3. The fourth-order valence-electron chi connectivity index (χ4n) is 2.21. The minimum atomic E-state index is -1.34. The van der Waals surface area contributed by atoms with Crippen LogP contribution in [0.2, 0.25) is 0 Å². The predicted octanol–water partition coefficient (Wildman–Crippen LogP) is 3.60. The molecule has 7 heteroatoms. The van der Waals surface area contributed by atoms with Crippen LogP contribution < -0.4 is 5.73 Å². The molecule has 0 saturated heterocycles. The van der Waals surface area contributed by atoms with E-state index in [1.54, 1.807) is 0 Å². The third kappa shape index (κ3) is 3.35. The normalized spacial score (nSPS) is 17.1. The maximum absolute atomic E-state index is 13.8. The number of carbonyl (C=O) groups is 1. The highest BCUT2D eigenvalue weighted by Gasteiger charge is 2.39. The Morgan fingerprint density at radius 3 is 2.67 bits per heavy atom. The third-order valence-corrected chi connectivity index (χ3v) is 4.12. The van der Waals surface area contributed by atoms with Crippen molar-refractivity contribution in [2.75, 3.05) is 0 Å². The summed E-state index contributed by atoms with van der Waals surface area (Å²) < 4.78 is 37.6. The Hall–Kier alpha value is -2.54. The number of nitrogens with two attached hydrogens (primary N) is 1. The van der Waals surface area contributed by atoms with E-state index in [0.29, 0.717) is 5.75 Å². The highest BCUT2D eigenvalue weighted by atomic mass is 32.2. The van der Waals surface area contributed by atoms with E-state index in [4.69, 9.17) is 14.7 Å². The Bertz CT molecular complexity index is 796. The number of Topliss-reactive ketones (excluding diaryl/α,β-unsaturated/α-hetero) is 1. The molecule has 24 heavy (non-hydrogen) atoms. The summed E-state index contributed by atoms with van der Waals surface area (Å²) in [6, 6.07) is 12.3. The van der Waals surface area contributed by atoms with Crippen LogP contribution in [-0.4, -0.2) is 5.78 Å². The van der Waals surface area contributed by atoms with Gasteiger partial charge in [-0.15, -0.1) is 0 Å². The molecule has 0 aromatic heterocycles. The molecule has 124 valence electrons. The molecular weight excluding hydrogens is 336 g/mol. The number of halogens is 2. The second-order valence-electron chi connectivity index (χ2n) is 5.05. The van der Waals surface area contributed by atoms with Crippen LogP contribution in [0.15, 0.2) is 60.2 Å². The highest BCUT2D eigenvalue weighted by molar-refractivity contribution is 7.94. The van der Waals surface area contributed by atoms with E-state index in [9.17, 15) is 13.6 Å². The topological polar surface area (TPSA) is 61.5 Å². The van der Waals surface area contributed by atoms with Crippen LogP contribution in [-0.2, 0) is 19.5 Å². The van der Waals surface area contributed by atoms with Gasteiger partial charge in [0.1, 0.15) is 11.6 Å². The lowest BCUT2D eigenvalue weighted by Crippen LogP contribution is -2.12. The molecule has 0 fully saturated rings. The molecule has 2 aromatic rings. The number of carbonyl (C=O) groups excluding carboxylic acids is 1. The third-order valence-electron chi connectivity index (χ3n) is 3.38. The summed E-state index contributed by atoms with van der Waals surface area (Å²) in [6.07, 6.45) is -1.34. The summed E-state index contributed by atoms with van der Waals surface area (Å²) in [5.41, 5.74) is 6.43. The van der Waals surface area contributed by atoms with E-state index >= 15 is 0 Å². The zero-order valence-corrected chi connectivity index (χ0v) is 13.2. The number of hydrogen-bond acceptors (Lipinski definition) is 5. The second-order valence-corrected chi connectivity index (χ2v) is 5.74. The van der Waals surface area contributed by atoms with Gasteiger partial charge in [-0.3, -0.25) is 4.79 Å². The molecular formula is C17H13F2NO3S. The van der Waals surface area contributed by atoms with Crippen LogP contribution in [0.1, 0.15) is 17.2 Å². The van der Waals surface area contributed by atoms with Crippen LogP contribution in [0.4, 0.5) is 8.78 Å². The lowest BCUT2D eigenvalue weighted by atomic mass is 10.1. The van der Waals surface area contributed by atoms with Gasteiger partial charge in [0.25, 0.3) is 0 Å². The highest BCUT2D eigenvalue weighted by Crippen LogP contribution is 2.35. The van der Waals surface area contributed by atoms with Crippen LogP contribution in [0.25, 0.3) is 0 Å². The summed E-state index contributed by atoms with van der Waals surface area (Å²) in [4.78, 5) is 12.3. The summed E-state index contributed by atoms with van der Waals surface area (Å²) in [7, 11) is 0. The molecule has 0 radical (unpaired) electrons. The molecule has 2 N–H and O–H groups in total. The number of ketones is 1. The van der Waals surface area contributed by atoms with Gasteiger partial charge >= 0.3 is 0 Å². The largest absolute Gasteiger partial charge is 0.460 e. The second kappa shape index (κ2) is 6.92. The van der Waals surface area contributed by atoms with E-state index in [1.165, 1.54) is 0 Å². The number of rotatable bonds is 5.